The van der Waals surface area contributed by atoms with Crippen LogP contribution in [0.1, 0.15) is 127 Å². The van der Waals surface area contributed by atoms with Crippen LogP contribution in [0.4, 0.5) is 0 Å². The van der Waals surface area contributed by atoms with E-state index in [1.165, 1.54) is 19.4 Å². The number of allylic oxidation sites excluding steroid dienone is 2. The van der Waals surface area contributed by atoms with Crippen molar-refractivity contribution in [1.29, 1.82) is 0 Å². The molecule has 5 aliphatic carbocycles. The molecule has 0 aromatic heterocycles. The Kier molecular flexibility index (Phi) is 18.5. The molecule has 0 radical (unpaired) electrons. The number of fused-ring (bicyclic) bond motifs is 7. The maximum atomic E-state index is 15.8. The van der Waals surface area contributed by atoms with Crippen LogP contribution in [-0.4, -0.2) is 251 Å². The molecule has 32 unspecified atom stereocenters. The van der Waals surface area contributed by atoms with Crippen LogP contribution in [0.5, 0.6) is 0 Å². The topological polar surface area (TPSA) is 393 Å². The number of rotatable bonds is 12. The molecule has 0 aromatic carbocycles. The normalized spacial score (nSPS) is 54.6. The van der Waals surface area contributed by atoms with Crippen molar-refractivity contribution in [2.45, 2.75) is 280 Å². The number of hydrogen-bond acceptors (Lipinski definition) is 25. The summed E-state index contributed by atoms with van der Waals surface area (Å²) in [5, 5.41) is 151. The highest BCUT2D eigenvalue weighted by Crippen LogP contribution is 2.76. The Morgan fingerprint density at radius 2 is 1.07 bits per heavy atom. The molecular formula is C59H96O25. The van der Waals surface area contributed by atoms with Gasteiger partial charge in [0.25, 0.3) is 0 Å². The van der Waals surface area contributed by atoms with Crippen molar-refractivity contribution in [3.8, 4) is 0 Å². The summed E-state index contributed by atoms with van der Waals surface area (Å²) < 4.78 is 61.4. The van der Waals surface area contributed by atoms with Crippen molar-refractivity contribution < 1.29 is 124 Å². The second kappa shape index (κ2) is 23.8. The monoisotopic (exact) mass is 1200 g/mol. The zero-order valence-electron chi connectivity index (χ0n) is 49.7. The first kappa shape index (κ1) is 65.2. The van der Waals surface area contributed by atoms with E-state index in [0.717, 1.165) is 25.7 Å². The Bertz CT molecular complexity index is 2340. The summed E-state index contributed by atoms with van der Waals surface area (Å²) in [4.78, 5) is 15.8. The van der Waals surface area contributed by atoms with Crippen LogP contribution in [0.15, 0.2) is 11.6 Å². The fourth-order valence-corrected chi connectivity index (χ4v) is 17.6. The number of aliphatic hydroxyl groups is 14. The minimum atomic E-state index is -1.98. The van der Waals surface area contributed by atoms with Crippen LogP contribution < -0.4 is 0 Å². The molecule has 25 heteroatoms. The molecule has 10 aliphatic rings. The van der Waals surface area contributed by atoms with Gasteiger partial charge in [-0.15, -0.1) is 0 Å². The standard InChI is InChI=1S/C59H96O25/c1-24-34(63)39(68)42(71)48(76-24)81-45-38(67)30(22-61)79-52(47(45)83-50-44(73)41(70)37(66)29(21-60)78-50)84-53(74)59-18-16-54(3,4)20-27(59)26-10-11-32-56(7)14-13-33(55(5,6)31(56)12-15-58(32,9)57(26,8)17-19-59)80-51-46(36(65)28(62)23-75-51)82-49-43(72)40(69)35(64)25(2)77-49/h10,24-25,27-52,60-73H,11-23H2,1-9H3. The van der Waals surface area contributed by atoms with E-state index in [1.807, 2.05) is 0 Å². The molecule has 4 saturated carbocycles. The number of ether oxygens (including phenoxy) is 10. The summed E-state index contributed by atoms with van der Waals surface area (Å²) in [6.45, 7) is 17.0. The van der Waals surface area contributed by atoms with Crippen LogP contribution in [0.25, 0.3) is 0 Å². The molecule has 32 atom stereocenters. The van der Waals surface area contributed by atoms with E-state index >= 15 is 4.79 Å². The van der Waals surface area contributed by atoms with Crippen LogP contribution in [0, 0.1) is 50.2 Å². The lowest BCUT2D eigenvalue weighted by molar-refractivity contribution is -0.387. The first-order valence-corrected chi connectivity index (χ1v) is 30.5. The third-order valence-corrected chi connectivity index (χ3v) is 23.1. The average Bonchev–Trinajstić information content (AvgIpc) is 0.689. The van der Waals surface area contributed by atoms with Gasteiger partial charge in [0.1, 0.15) is 97.7 Å². The minimum Gasteiger partial charge on any atom is -0.432 e. The number of carbonyl (C=O) groups excluding carboxylic acids is 1. The van der Waals surface area contributed by atoms with Crippen molar-refractivity contribution in [3.05, 3.63) is 11.6 Å². The molecule has 84 heavy (non-hydrogen) atoms. The van der Waals surface area contributed by atoms with Gasteiger partial charge < -0.3 is 119 Å². The number of carbonyl (C=O) groups is 1. The van der Waals surface area contributed by atoms with E-state index in [0.29, 0.717) is 38.5 Å². The fourth-order valence-electron chi connectivity index (χ4n) is 17.6. The molecule has 5 aliphatic heterocycles. The Hall–Kier alpha value is -1.71. The lowest BCUT2D eigenvalue weighted by atomic mass is 9.33. The molecule has 25 nitrogen and oxygen atoms in total. The molecule has 0 amide bonds. The van der Waals surface area contributed by atoms with Crippen LogP contribution in [0.2, 0.25) is 0 Å². The summed E-state index contributed by atoms with van der Waals surface area (Å²) in [6.07, 6.45) is -29.7. The molecule has 0 aromatic rings. The van der Waals surface area contributed by atoms with Gasteiger partial charge in [-0.05, 0) is 123 Å². The quantitative estimate of drug-likeness (QED) is 0.0600. The van der Waals surface area contributed by atoms with Gasteiger partial charge in [0.05, 0.1) is 43.5 Å². The summed E-state index contributed by atoms with van der Waals surface area (Å²) in [7, 11) is 0. The summed E-state index contributed by atoms with van der Waals surface area (Å²) in [5.41, 5.74) is -1.49. The number of hydrogen-bond donors (Lipinski definition) is 14. The van der Waals surface area contributed by atoms with Gasteiger partial charge in [0.15, 0.2) is 31.3 Å². The van der Waals surface area contributed by atoms with Crippen molar-refractivity contribution in [2.24, 2.45) is 50.2 Å². The van der Waals surface area contributed by atoms with E-state index in [2.05, 4.69) is 54.5 Å². The Labute approximate surface area is 490 Å². The smallest absolute Gasteiger partial charge is 0.315 e. The van der Waals surface area contributed by atoms with Gasteiger partial charge >= 0.3 is 5.97 Å². The lowest BCUT2D eigenvalue weighted by Gasteiger charge is -2.71. The van der Waals surface area contributed by atoms with Gasteiger partial charge in [0.2, 0.25) is 6.29 Å². The van der Waals surface area contributed by atoms with Gasteiger partial charge in [-0.25, -0.2) is 0 Å². The minimum absolute atomic E-state index is 0.141. The molecule has 14 N–H and O–H groups in total. The number of aliphatic hydroxyl groups excluding tert-OH is 14. The third kappa shape index (κ3) is 10.8. The second-order valence-corrected chi connectivity index (χ2v) is 28.6. The maximum absolute atomic E-state index is 15.8. The molecule has 9 fully saturated rings. The average molecular weight is 1210 g/mol. The highest BCUT2D eigenvalue weighted by atomic mass is 16.8. The summed E-state index contributed by atoms with van der Waals surface area (Å²) >= 11 is 0. The second-order valence-electron chi connectivity index (χ2n) is 28.6. The fraction of sp³-hybridized carbons (Fsp3) is 0.949. The van der Waals surface area contributed by atoms with Crippen molar-refractivity contribution in [2.75, 3.05) is 19.8 Å². The Morgan fingerprint density at radius 3 is 1.68 bits per heavy atom. The largest absolute Gasteiger partial charge is 0.432 e. The van der Waals surface area contributed by atoms with Crippen molar-refractivity contribution >= 4 is 5.97 Å². The predicted octanol–water partition coefficient (Wildman–Crippen LogP) is -1.52. The molecule has 5 saturated heterocycles. The highest BCUT2D eigenvalue weighted by Gasteiger charge is 2.70. The van der Waals surface area contributed by atoms with Crippen molar-refractivity contribution in [3.63, 3.8) is 0 Å². The molecule has 10 rings (SSSR count). The van der Waals surface area contributed by atoms with Gasteiger partial charge in [0, 0.05) is 0 Å². The van der Waals surface area contributed by atoms with Gasteiger partial charge in [-0.2, -0.15) is 0 Å². The first-order chi connectivity index (χ1) is 39.3. The van der Waals surface area contributed by atoms with E-state index in [4.69, 9.17) is 47.4 Å². The highest BCUT2D eigenvalue weighted by molar-refractivity contribution is 5.79. The SMILES string of the molecule is CC1OC(OC2C(OC3CCC4(C)C(CCC5(C)C4CC=C4C6CC(C)(C)CCC6(C(=O)OC6OC(CO)C(O)C(OC7OC(C)C(O)C(O)C7O)C6OC6OC(CO)C(O)C(O)C6O)CCC45C)C3(C)C)OCC(O)C2O)C(O)C(O)C1O. The zero-order chi connectivity index (χ0) is 61.3. The third-order valence-electron chi connectivity index (χ3n) is 23.1. The van der Waals surface area contributed by atoms with E-state index in [9.17, 15) is 71.5 Å². The van der Waals surface area contributed by atoms with Gasteiger partial charge in [-0.3, -0.25) is 4.79 Å². The molecule has 5 heterocycles. The van der Waals surface area contributed by atoms with Crippen LogP contribution >= 0.6 is 0 Å². The van der Waals surface area contributed by atoms with Crippen LogP contribution in [0.3, 0.4) is 0 Å². The summed E-state index contributed by atoms with van der Waals surface area (Å²) in [5.74, 6) is -0.649. The molecular weight excluding hydrogens is 1110 g/mol. The molecule has 0 bridgehead atoms. The Balaban J connectivity index is 0.921. The van der Waals surface area contributed by atoms with Crippen molar-refractivity contribution in [1.82, 2.24) is 0 Å². The number of esters is 1. The summed E-state index contributed by atoms with van der Waals surface area (Å²) in [6, 6.07) is 0. The molecule has 482 valence electrons. The zero-order valence-corrected chi connectivity index (χ0v) is 49.7. The maximum Gasteiger partial charge on any atom is 0.315 e. The lowest BCUT2D eigenvalue weighted by Crippen LogP contribution is -2.68. The van der Waals surface area contributed by atoms with E-state index in [1.54, 1.807) is 0 Å². The van der Waals surface area contributed by atoms with E-state index in [-0.39, 0.29) is 40.6 Å². The van der Waals surface area contributed by atoms with Crippen LogP contribution in [-0.2, 0) is 52.2 Å². The first-order valence-electron chi connectivity index (χ1n) is 30.5. The Morgan fingerprint density at radius 1 is 0.536 bits per heavy atom. The van der Waals surface area contributed by atoms with E-state index < -0.39 is 189 Å². The van der Waals surface area contributed by atoms with Gasteiger partial charge in [-0.1, -0.05) is 60.1 Å². The predicted molar refractivity (Wildman–Crippen MR) is 287 cm³/mol. The molecule has 0 spiro atoms.